The second kappa shape index (κ2) is 7.31. The third kappa shape index (κ3) is 3.74. The average Bonchev–Trinajstić information content (AvgIpc) is 2.48. The van der Waals surface area contributed by atoms with Crippen LogP contribution in [0.15, 0.2) is 18.2 Å². The fraction of sp³-hybridized carbons (Fsp3) is 0.588. The summed E-state index contributed by atoms with van der Waals surface area (Å²) in [5.41, 5.74) is 3.12. The quantitative estimate of drug-likeness (QED) is 0.894. The minimum atomic E-state index is 0.742. The highest BCUT2D eigenvalue weighted by Gasteiger charge is 2.17. The molecular weight excluding hydrogens is 246 g/mol. The van der Waals surface area contributed by atoms with Crippen LogP contribution in [0.4, 0.5) is 5.69 Å². The first-order valence-electron chi connectivity index (χ1n) is 7.71. The van der Waals surface area contributed by atoms with Crippen molar-refractivity contribution in [1.82, 2.24) is 5.32 Å². The lowest BCUT2D eigenvalue weighted by Gasteiger charge is -2.32. The molecule has 1 N–H and O–H groups in total. The van der Waals surface area contributed by atoms with Crippen LogP contribution in [-0.4, -0.2) is 26.2 Å². The zero-order valence-corrected chi connectivity index (χ0v) is 12.7. The van der Waals surface area contributed by atoms with Gasteiger partial charge >= 0.3 is 0 Å². The van der Waals surface area contributed by atoms with Crippen LogP contribution < -0.4 is 10.2 Å². The van der Waals surface area contributed by atoms with Crippen LogP contribution in [0.1, 0.15) is 37.3 Å². The first-order chi connectivity index (χ1) is 9.74. The zero-order valence-electron chi connectivity index (χ0n) is 12.7. The topological polar surface area (TPSA) is 39.1 Å². The van der Waals surface area contributed by atoms with Gasteiger partial charge in [0.15, 0.2) is 0 Å². The molecule has 3 heteroatoms. The van der Waals surface area contributed by atoms with Gasteiger partial charge in [-0.05, 0) is 69.0 Å². The van der Waals surface area contributed by atoms with Gasteiger partial charge in [0.1, 0.15) is 0 Å². The Kier molecular flexibility index (Phi) is 5.43. The maximum atomic E-state index is 9.04. The summed E-state index contributed by atoms with van der Waals surface area (Å²) in [7, 11) is 0. The SMILES string of the molecule is CCCN(CC1CCCNC1)c1ccc(C#N)c(C)c1. The van der Waals surface area contributed by atoms with E-state index in [1.54, 1.807) is 0 Å². The Labute approximate surface area is 122 Å². The van der Waals surface area contributed by atoms with E-state index in [9.17, 15) is 0 Å². The van der Waals surface area contributed by atoms with Gasteiger partial charge in [0.05, 0.1) is 11.6 Å². The van der Waals surface area contributed by atoms with E-state index < -0.39 is 0 Å². The Morgan fingerprint density at radius 1 is 1.45 bits per heavy atom. The van der Waals surface area contributed by atoms with Crippen molar-refractivity contribution in [3.05, 3.63) is 29.3 Å². The molecule has 1 aliphatic rings. The van der Waals surface area contributed by atoms with E-state index in [1.165, 1.54) is 25.1 Å². The van der Waals surface area contributed by atoms with Gasteiger partial charge < -0.3 is 10.2 Å². The number of benzene rings is 1. The molecule has 0 spiro atoms. The van der Waals surface area contributed by atoms with E-state index in [1.807, 2.05) is 13.0 Å². The predicted octanol–water partition coefficient (Wildman–Crippen LogP) is 3.08. The minimum absolute atomic E-state index is 0.742. The highest BCUT2D eigenvalue weighted by molar-refractivity contribution is 5.53. The standard InChI is InChI=1S/C17H25N3/c1-3-9-20(13-15-5-4-8-19-12-15)17-7-6-16(11-18)14(2)10-17/h6-7,10,15,19H,3-5,8-9,12-13H2,1-2H3. The Morgan fingerprint density at radius 3 is 2.90 bits per heavy atom. The molecule has 1 aromatic rings. The van der Waals surface area contributed by atoms with Crippen molar-refractivity contribution in [2.45, 2.75) is 33.1 Å². The Morgan fingerprint density at radius 2 is 2.30 bits per heavy atom. The largest absolute Gasteiger partial charge is 0.371 e. The molecule has 0 bridgehead atoms. The van der Waals surface area contributed by atoms with Crippen molar-refractivity contribution < 1.29 is 0 Å². The summed E-state index contributed by atoms with van der Waals surface area (Å²) >= 11 is 0. The maximum absolute atomic E-state index is 9.04. The first kappa shape index (κ1) is 14.9. The molecule has 1 atom stereocenters. The third-order valence-corrected chi connectivity index (χ3v) is 4.07. The monoisotopic (exact) mass is 271 g/mol. The number of rotatable bonds is 5. The number of anilines is 1. The summed E-state index contributed by atoms with van der Waals surface area (Å²) in [5, 5.41) is 12.5. The molecule has 1 saturated heterocycles. The first-order valence-corrected chi connectivity index (χ1v) is 7.71. The van der Waals surface area contributed by atoms with E-state index in [2.05, 4.69) is 35.3 Å². The normalized spacial score (nSPS) is 18.6. The lowest BCUT2D eigenvalue weighted by Crippen LogP contribution is -2.38. The smallest absolute Gasteiger partial charge is 0.0994 e. The summed E-state index contributed by atoms with van der Waals surface area (Å²) in [4.78, 5) is 2.48. The number of hydrogen-bond acceptors (Lipinski definition) is 3. The Hall–Kier alpha value is -1.53. The molecular formula is C17H25N3. The number of piperidine rings is 1. The van der Waals surface area contributed by atoms with Gasteiger partial charge in [-0.1, -0.05) is 6.92 Å². The van der Waals surface area contributed by atoms with Crippen LogP contribution in [-0.2, 0) is 0 Å². The summed E-state index contributed by atoms with van der Waals surface area (Å²) in [6.07, 6.45) is 3.76. The number of hydrogen-bond donors (Lipinski definition) is 1. The van der Waals surface area contributed by atoms with Crippen molar-refractivity contribution in [2.24, 2.45) is 5.92 Å². The predicted molar refractivity (Wildman–Crippen MR) is 84.0 cm³/mol. The lowest BCUT2D eigenvalue weighted by atomic mass is 9.98. The molecule has 1 heterocycles. The van der Waals surface area contributed by atoms with E-state index in [0.717, 1.165) is 43.1 Å². The van der Waals surface area contributed by atoms with Crippen molar-refractivity contribution in [3.8, 4) is 6.07 Å². The van der Waals surface area contributed by atoms with Crippen LogP contribution in [0.3, 0.4) is 0 Å². The van der Waals surface area contributed by atoms with Crippen molar-refractivity contribution in [2.75, 3.05) is 31.1 Å². The van der Waals surface area contributed by atoms with Gasteiger partial charge in [0.25, 0.3) is 0 Å². The van der Waals surface area contributed by atoms with E-state index in [-0.39, 0.29) is 0 Å². The number of nitriles is 1. The number of nitrogens with one attached hydrogen (secondary N) is 1. The van der Waals surface area contributed by atoms with Crippen molar-refractivity contribution in [1.29, 1.82) is 5.26 Å². The molecule has 1 aliphatic heterocycles. The molecule has 20 heavy (non-hydrogen) atoms. The van der Waals surface area contributed by atoms with Crippen LogP contribution in [0.5, 0.6) is 0 Å². The highest BCUT2D eigenvalue weighted by atomic mass is 15.1. The molecule has 1 unspecified atom stereocenters. The number of aryl methyl sites for hydroxylation is 1. The minimum Gasteiger partial charge on any atom is -0.371 e. The molecule has 1 fully saturated rings. The lowest BCUT2D eigenvalue weighted by molar-refractivity contribution is 0.376. The fourth-order valence-corrected chi connectivity index (χ4v) is 2.96. The molecule has 0 radical (unpaired) electrons. The molecule has 0 amide bonds. The number of nitrogens with zero attached hydrogens (tertiary/aromatic N) is 2. The van der Waals surface area contributed by atoms with E-state index in [0.29, 0.717) is 0 Å². The molecule has 2 rings (SSSR count). The molecule has 108 valence electrons. The van der Waals surface area contributed by atoms with Gasteiger partial charge in [0.2, 0.25) is 0 Å². The van der Waals surface area contributed by atoms with Gasteiger partial charge in [-0.2, -0.15) is 5.26 Å². The second-order valence-corrected chi connectivity index (χ2v) is 5.77. The van der Waals surface area contributed by atoms with Crippen LogP contribution in [0.25, 0.3) is 0 Å². The molecule has 0 aromatic heterocycles. The van der Waals surface area contributed by atoms with Crippen LogP contribution in [0.2, 0.25) is 0 Å². The van der Waals surface area contributed by atoms with Gasteiger partial charge in [-0.25, -0.2) is 0 Å². The second-order valence-electron chi connectivity index (χ2n) is 5.77. The molecule has 0 saturated carbocycles. The molecule has 1 aromatic carbocycles. The molecule has 0 aliphatic carbocycles. The van der Waals surface area contributed by atoms with Crippen molar-refractivity contribution >= 4 is 5.69 Å². The zero-order chi connectivity index (χ0) is 14.4. The van der Waals surface area contributed by atoms with Gasteiger partial charge in [-0.15, -0.1) is 0 Å². The highest BCUT2D eigenvalue weighted by Crippen LogP contribution is 2.22. The summed E-state index contributed by atoms with van der Waals surface area (Å²) in [6.45, 7) is 8.75. The van der Waals surface area contributed by atoms with E-state index >= 15 is 0 Å². The van der Waals surface area contributed by atoms with Crippen LogP contribution in [0, 0.1) is 24.2 Å². The van der Waals surface area contributed by atoms with Gasteiger partial charge in [0, 0.05) is 18.8 Å². The average molecular weight is 271 g/mol. The van der Waals surface area contributed by atoms with Crippen LogP contribution >= 0.6 is 0 Å². The van der Waals surface area contributed by atoms with Gasteiger partial charge in [-0.3, -0.25) is 0 Å². The summed E-state index contributed by atoms with van der Waals surface area (Å²) in [6, 6.07) is 8.45. The summed E-state index contributed by atoms with van der Waals surface area (Å²) < 4.78 is 0. The summed E-state index contributed by atoms with van der Waals surface area (Å²) in [5.74, 6) is 0.742. The fourth-order valence-electron chi connectivity index (χ4n) is 2.96. The molecule has 3 nitrogen and oxygen atoms in total. The van der Waals surface area contributed by atoms with Crippen molar-refractivity contribution in [3.63, 3.8) is 0 Å². The third-order valence-electron chi connectivity index (χ3n) is 4.07. The Balaban J connectivity index is 2.10. The Bertz CT molecular complexity index is 470. The van der Waals surface area contributed by atoms with E-state index in [4.69, 9.17) is 5.26 Å². The maximum Gasteiger partial charge on any atom is 0.0994 e.